The van der Waals surface area contributed by atoms with Crippen LogP contribution in [0.2, 0.25) is 5.15 Å². The Kier molecular flexibility index (Phi) is 7.29. The first-order chi connectivity index (χ1) is 19.4. The average Bonchev–Trinajstić information content (AvgIpc) is 3.26. The summed E-state index contributed by atoms with van der Waals surface area (Å²) in [4.78, 5) is 4.71. The van der Waals surface area contributed by atoms with Gasteiger partial charge in [0, 0.05) is 35.1 Å². The first-order valence-electron chi connectivity index (χ1n) is 12.9. The zero-order valence-corrected chi connectivity index (χ0v) is 23.3. The van der Waals surface area contributed by atoms with Crippen LogP contribution in [0, 0.1) is 6.92 Å². The summed E-state index contributed by atoms with van der Waals surface area (Å²) in [6.45, 7) is 2.50. The summed E-state index contributed by atoms with van der Waals surface area (Å²) in [6.07, 6.45) is 1.29. The van der Waals surface area contributed by atoms with E-state index in [1.807, 2.05) is 67.6 Å². The van der Waals surface area contributed by atoms with E-state index in [9.17, 15) is 8.42 Å². The normalized spacial score (nSPS) is 16.9. The SMILES string of the molecule is Cc1c(Cc2ccccc2S(=O)(=O)c2ccccc2)cc(-c2ccnc(Cl)c2)n1CC1OC(c2ccccc2)O1. The summed E-state index contributed by atoms with van der Waals surface area (Å²) < 4.78 is 41.4. The van der Waals surface area contributed by atoms with E-state index in [1.165, 1.54) is 0 Å². The number of nitrogens with zero attached hydrogens (tertiary/aromatic N) is 2. The van der Waals surface area contributed by atoms with Crippen LogP contribution in [-0.2, 0) is 32.3 Å². The van der Waals surface area contributed by atoms with Gasteiger partial charge in [-0.05, 0) is 54.4 Å². The second-order valence-corrected chi connectivity index (χ2v) is 12.0. The number of benzene rings is 3. The minimum atomic E-state index is -3.68. The molecule has 0 aliphatic carbocycles. The maximum atomic E-state index is 13.5. The smallest absolute Gasteiger partial charge is 0.206 e. The van der Waals surface area contributed by atoms with Gasteiger partial charge in [-0.3, -0.25) is 0 Å². The van der Waals surface area contributed by atoms with Crippen molar-refractivity contribution in [3.05, 3.63) is 137 Å². The highest BCUT2D eigenvalue weighted by Gasteiger charge is 2.33. The molecule has 0 bridgehead atoms. The van der Waals surface area contributed by atoms with Crippen molar-refractivity contribution in [3.8, 4) is 11.3 Å². The molecule has 40 heavy (non-hydrogen) atoms. The van der Waals surface area contributed by atoms with Gasteiger partial charge in [0.1, 0.15) is 5.15 Å². The van der Waals surface area contributed by atoms with Gasteiger partial charge in [-0.25, -0.2) is 13.4 Å². The van der Waals surface area contributed by atoms with E-state index in [0.29, 0.717) is 23.0 Å². The van der Waals surface area contributed by atoms with Gasteiger partial charge in [0.25, 0.3) is 0 Å². The lowest BCUT2D eigenvalue weighted by Crippen LogP contribution is -2.38. The fourth-order valence-corrected chi connectivity index (χ4v) is 6.74. The maximum Gasteiger partial charge on any atom is 0.206 e. The molecule has 1 aliphatic rings. The van der Waals surface area contributed by atoms with Gasteiger partial charge >= 0.3 is 0 Å². The predicted molar refractivity (Wildman–Crippen MR) is 154 cm³/mol. The monoisotopic (exact) mass is 570 g/mol. The molecule has 2 aromatic heterocycles. The van der Waals surface area contributed by atoms with Crippen LogP contribution >= 0.6 is 11.6 Å². The van der Waals surface area contributed by atoms with Crippen LogP contribution in [0.5, 0.6) is 0 Å². The number of hydrogen-bond donors (Lipinski definition) is 0. The number of hydrogen-bond acceptors (Lipinski definition) is 5. The van der Waals surface area contributed by atoms with E-state index in [1.54, 1.807) is 42.6 Å². The zero-order valence-electron chi connectivity index (χ0n) is 21.8. The van der Waals surface area contributed by atoms with Gasteiger partial charge in [-0.15, -0.1) is 0 Å². The lowest BCUT2D eigenvalue weighted by atomic mass is 10.0. The van der Waals surface area contributed by atoms with Gasteiger partial charge < -0.3 is 14.0 Å². The quantitative estimate of drug-likeness (QED) is 0.188. The number of aromatic nitrogens is 2. The summed E-state index contributed by atoms with van der Waals surface area (Å²) in [5.74, 6) is 0. The summed E-state index contributed by atoms with van der Waals surface area (Å²) in [5.41, 5.74) is 5.52. The van der Waals surface area contributed by atoms with Crippen molar-refractivity contribution in [2.24, 2.45) is 0 Å². The summed E-state index contributed by atoms with van der Waals surface area (Å²) >= 11 is 6.25. The molecule has 3 aromatic carbocycles. The lowest BCUT2D eigenvalue weighted by molar-refractivity contribution is -0.393. The molecule has 0 atom stereocenters. The molecule has 5 aromatic rings. The van der Waals surface area contributed by atoms with E-state index in [0.717, 1.165) is 33.6 Å². The van der Waals surface area contributed by atoms with Crippen LogP contribution in [0.4, 0.5) is 0 Å². The number of rotatable bonds is 8. The van der Waals surface area contributed by atoms with Crippen LogP contribution in [0.1, 0.15) is 28.7 Å². The molecule has 8 heteroatoms. The molecule has 0 unspecified atom stereocenters. The van der Waals surface area contributed by atoms with Crippen molar-refractivity contribution in [1.82, 2.24) is 9.55 Å². The van der Waals surface area contributed by atoms with Crippen molar-refractivity contribution >= 4 is 21.4 Å². The van der Waals surface area contributed by atoms with Crippen LogP contribution < -0.4 is 0 Å². The molecular formula is C32H27ClN2O4S. The standard InChI is InChI=1S/C32H27ClN2O4S/c1-22-26(18-25-12-8-9-15-29(25)40(36,37)27-13-6-3-7-14-27)19-28(24-16-17-34-30(33)20-24)35(22)21-31-38-32(39-31)23-10-4-2-5-11-23/h2-17,19-20,31-32H,18,21H2,1H3. The van der Waals surface area contributed by atoms with Crippen molar-refractivity contribution in [3.63, 3.8) is 0 Å². The van der Waals surface area contributed by atoms with E-state index in [2.05, 4.69) is 15.6 Å². The fraction of sp³-hybridized carbons (Fsp3) is 0.156. The summed E-state index contributed by atoms with van der Waals surface area (Å²) in [7, 11) is -3.68. The topological polar surface area (TPSA) is 70.4 Å². The molecule has 1 aliphatic heterocycles. The Labute approximate surface area is 238 Å². The van der Waals surface area contributed by atoms with Gasteiger partial charge in [0.15, 0.2) is 12.6 Å². The van der Waals surface area contributed by atoms with E-state index in [-0.39, 0.29) is 4.90 Å². The average molecular weight is 571 g/mol. The van der Waals surface area contributed by atoms with Gasteiger partial charge in [0.2, 0.25) is 9.84 Å². The van der Waals surface area contributed by atoms with Crippen LogP contribution in [0.15, 0.2) is 119 Å². The third-order valence-corrected chi connectivity index (χ3v) is 9.22. The largest absolute Gasteiger partial charge is 0.339 e. The first kappa shape index (κ1) is 26.5. The molecular weight excluding hydrogens is 544 g/mol. The van der Waals surface area contributed by atoms with Crippen molar-refractivity contribution in [2.75, 3.05) is 0 Å². The van der Waals surface area contributed by atoms with Gasteiger partial charge in [-0.1, -0.05) is 78.3 Å². The highest BCUT2D eigenvalue weighted by Crippen LogP contribution is 2.36. The molecule has 0 spiro atoms. The van der Waals surface area contributed by atoms with Crippen molar-refractivity contribution < 1.29 is 17.9 Å². The Hall–Kier alpha value is -3.75. The molecule has 1 saturated heterocycles. The number of pyridine rings is 1. The van der Waals surface area contributed by atoms with E-state index < -0.39 is 22.4 Å². The van der Waals surface area contributed by atoms with Crippen molar-refractivity contribution in [2.45, 2.75) is 42.3 Å². The van der Waals surface area contributed by atoms with Gasteiger partial charge in [0.05, 0.1) is 16.3 Å². The van der Waals surface area contributed by atoms with Gasteiger partial charge in [-0.2, -0.15) is 0 Å². The highest BCUT2D eigenvalue weighted by molar-refractivity contribution is 7.91. The molecule has 6 nitrogen and oxygen atoms in total. The Morgan fingerprint density at radius 2 is 1.52 bits per heavy atom. The number of ether oxygens (including phenoxy) is 2. The molecule has 1 fully saturated rings. The highest BCUT2D eigenvalue weighted by atomic mass is 35.5. The molecule has 0 N–H and O–H groups in total. The summed E-state index contributed by atoms with van der Waals surface area (Å²) in [5, 5.41) is 0.393. The Morgan fingerprint density at radius 1 is 0.850 bits per heavy atom. The Morgan fingerprint density at radius 3 is 2.25 bits per heavy atom. The first-order valence-corrected chi connectivity index (χ1v) is 14.8. The zero-order chi connectivity index (χ0) is 27.7. The summed E-state index contributed by atoms with van der Waals surface area (Å²) in [6, 6.07) is 31.3. The molecule has 0 amide bonds. The number of halogens is 1. The Bertz CT molecular complexity index is 1750. The minimum Gasteiger partial charge on any atom is -0.339 e. The fourth-order valence-electron chi connectivity index (χ4n) is 5.05. The number of sulfone groups is 1. The molecule has 0 radical (unpaired) electrons. The van der Waals surface area contributed by atoms with Crippen LogP contribution in [0.25, 0.3) is 11.3 Å². The minimum absolute atomic E-state index is 0.274. The third kappa shape index (κ3) is 5.21. The molecule has 3 heterocycles. The second kappa shape index (κ2) is 11.0. The molecule has 6 rings (SSSR count). The maximum absolute atomic E-state index is 13.5. The third-order valence-electron chi connectivity index (χ3n) is 7.14. The Balaban J connectivity index is 1.34. The van der Waals surface area contributed by atoms with Crippen LogP contribution in [-0.4, -0.2) is 24.3 Å². The van der Waals surface area contributed by atoms with E-state index >= 15 is 0 Å². The molecule has 0 saturated carbocycles. The predicted octanol–water partition coefficient (Wildman–Crippen LogP) is 7.01. The molecule has 202 valence electrons. The second-order valence-electron chi connectivity index (χ2n) is 9.66. The van der Waals surface area contributed by atoms with E-state index in [4.69, 9.17) is 21.1 Å². The lowest BCUT2D eigenvalue weighted by Gasteiger charge is -2.37. The van der Waals surface area contributed by atoms with Crippen LogP contribution in [0.3, 0.4) is 0 Å². The van der Waals surface area contributed by atoms with Crippen molar-refractivity contribution in [1.29, 1.82) is 0 Å².